The van der Waals surface area contributed by atoms with Crippen molar-refractivity contribution in [1.29, 1.82) is 0 Å². The van der Waals surface area contributed by atoms with Crippen LogP contribution in [-0.4, -0.2) is 42.1 Å². The average molecular weight is 297 g/mol. The second-order valence-corrected chi connectivity index (χ2v) is 5.82. The molecule has 1 aliphatic carbocycles. The van der Waals surface area contributed by atoms with Crippen molar-refractivity contribution in [2.45, 2.75) is 18.9 Å². The van der Waals surface area contributed by atoms with E-state index in [9.17, 15) is 8.78 Å². The zero-order valence-electron chi connectivity index (χ0n) is 11.1. The van der Waals surface area contributed by atoms with Crippen LogP contribution < -0.4 is 10.6 Å². The highest BCUT2D eigenvalue weighted by atomic mass is 32.1. The van der Waals surface area contributed by atoms with Gasteiger partial charge < -0.3 is 10.6 Å². The maximum absolute atomic E-state index is 14.1. The van der Waals surface area contributed by atoms with Gasteiger partial charge in [-0.3, -0.25) is 4.90 Å². The van der Waals surface area contributed by atoms with Crippen LogP contribution >= 0.6 is 12.2 Å². The quantitative estimate of drug-likeness (QED) is 0.864. The minimum absolute atomic E-state index is 0.0298. The Hall–Kier alpha value is -1.27. The predicted molar refractivity (Wildman–Crippen MR) is 79.1 cm³/mol. The topological polar surface area (TPSA) is 32.5 Å². The standard InChI is InChI=1S/C14H17F2N3S/c15-12-10(14(17)20)3-4-11(13(12)16)19-7-5-18(6-8-19)9-1-2-9/h3-4,9H,1-2,5-8H2,(H2,17,20). The van der Waals surface area contributed by atoms with Gasteiger partial charge in [0, 0.05) is 37.8 Å². The van der Waals surface area contributed by atoms with Gasteiger partial charge in [0.2, 0.25) is 0 Å². The van der Waals surface area contributed by atoms with Crippen LogP contribution in [-0.2, 0) is 0 Å². The molecule has 1 aromatic carbocycles. The third-order valence-electron chi connectivity index (χ3n) is 4.05. The van der Waals surface area contributed by atoms with E-state index in [2.05, 4.69) is 4.90 Å². The van der Waals surface area contributed by atoms with Gasteiger partial charge in [-0.05, 0) is 25.0 Å². The lowest BCUT2D eigenvalue weighted by Crippen LogP contribution is -2.47. The van der Waals surface area contributed by atoms with E-state index in [1.54, 1.807) is 6.07 Å². The van der Waals surface area contributed by atoms with Crippen LogP contribution in [0.25, 0.3) is 0 Å². The SMILES string of the molecule is NC(=S)c1ccc(N2CCN(C3CC3)CC2)c(F)c1F. The molecule has 0 amide bonds. The number of hydrogen-bond acceptors (Lipinski definition) is 3. The fourth-order valence-corrected chi connectivity index (χ4v) is 2.90. The normalized spacial score (nSPS) is 20.2. The largest absolute Gasteiger partial charge is 0.389 e. The summed E-state index contributed by atoms with van der Waals surface area (Å²) in [6.07, 6.45) is 2.54. The molecule has 0 unspecified atom stereocenters. The first-order valence-electron chi connectivity index (χ1n) is 6.84. The molecule has 2 N–H and O–H groups in total. The van der Waals surface area contributed by atoms with Gasteiger partial charge in [0.25, 0.3) is 0 Å². The molecule has 1 aromatic rings. The van der Waals surface area contributed by atoms with Gasteiger partial charge in [0.15, 0.2) is 11.6 Å². The Morgan fingerprint density at radius 1 is 1.10 bits per heavy atom. The molecular formula is C14H17F2N3S. The molecule has 1 saturated heterocycles. The zero-order chi connectivity index (χ0) is 14.3. The van der Waals surface area contributed by atoms with Crippen molar-refractivity contribution >= 4 is 22.9 Å². The Kier molecular flexibility index (Phi) is 3.60. The molecule has 1 aliphatic heterocycles. The van der Waals surface area contributed by atoms with E-state index in [0.717, 1.165) is 32.2 Å². The monoisotopic (exact) mass is 297 g/mol. The molecule has 3 nitrogen and oxygen atoms in total. The first kappa shape index (κ1) is 13.7. The maximum Gasteiger partial charge on any atom is 0.182 e. The van der Waals surface area contributed by atoms with Crippen molar-refractivity contribution in [2.75, 3.05) is 31.1 Å². The van der Waals surface area contributed by atoms with Crippen LogP contribution in [0.2, 0.25) is 0 Å². The van der Waals surface area contributed by atoms with Gasteiger partial charge in [-0.15, -0.1) is 0 Å². The van der Waals surface area contributed by atoms with E-state index in [0.29, 0.717) is 5.69 Å². The van der Waals surface area contributed by atoms with Crippen molar-refractivity contribution in [2.24, 2.45) is 5.73 Å². The zero-order valence-corrected chi connectivity index (χ0v) is 11.9. The second-order valence-electron chi connectivity index (χ2n) is 5.38. The molecule has 2 fully saturated rings. The first-order valence-corrected chi connectivity index (χ1v) is 7.25. The van der Waals surface area contributed by atoms with Crippen LogP contribution in [0.3, 0.4) is 0 Å². The van der Waals surface area contributed by atoms with Gasteiger partial charge in [-0.2, -0.15) is 0 Å². The molecule has 2 aliphatic rings. The van der Waals surface area contributed by atoms with Crippen LogP contribution in [0, 0.1) is 11.6 Å². The van der Waals surface area contributed by atoms with E-state index in [1.807, 2.05) is 4.90 Å². The van der Waals surface area contributed by atoms with Gasteiger partial charge >= 0.3 is 0 Å². The van der Waals surface area contributed by atoms with E-state index >= 15 is 0 Å². The number of halogens is 2. The van der Waals surface area contributed by atoms with Crippen LogP contribution in [0.5, 0.6) is 0 Å². The summed E-state index contributed by atoms with van der Waals surface area (Å²) in [5.41, 5.74) is 5.65. The second kappa shape index (κ2) is 5.26. The number of piperazine rings is 1. The summed E-state index contributed by atoms with van der Waals surface area (Å²) < 4.78 is 28.0. The lowest BCUT2D eigenvalue weighted by Gasteiger charge is -2.36. The summed E-state index contributed by atoms with van der Waals surface area (Å²) in [5.74, 6) is -1.80. The molecule has 0 aromatic heterocycles. The Labute approximate surface area is 122 Å². The third-order valence-corrected chi connectivity index (χ3v) is 4.27. The molecule has 0 spiro atoms. The first-order chi connectivity index (χ1) is 9.58. The van der Waals surface area contributed by atoms with Crippen molar-refractivity contribution in [1.82, 2.24) is 4.90 Å². The van der Waals surface area contributed by atoms with Crippen LogP contribution in [0.15, 0.2) is 12.1 Å². The van der Waals surface area contributed by atoms with Gasteiger partial charge in [0.05, 0.1) is 5.69 Å². The smallest absolute Gasteiger partial charge is 0.182 e. The lowest BCUT2D eigenvalue weighted by atomic mass is 10.1. The van der Waals surface area contributed by atoms with Crippen molar-refractivity contribution in [3.8, 4) is 0 Å². The fraction of sp³-hybridized carbons (Fsp3) is 0.500. The number of rotatable bonds is 3. The van der Waals surface area contributed by atoms with E-state index in [-0.39, 0.29) is 10.6 Å². The number of thiocarbonyl (C=S) groups is 1. The molecule has 0 bridgehead atoms. The van der Waals surface area contributed by atoms with Crippen molar-refractivity contribution in [3.63, 3.8) is 0 Å². The summed E-state index contributed by atoms with van der Waals surface area (Å²) in [6.45, 7) is 3.25. The highest BCUT2D eigenvalue weighted by Gasteiger charge is 2.32. The summed E-state index contributed by atoms with van der Waals surface area (Å²) >= 11 is 4.71. The minimum atomic E-state index is -0.945. The van der Waals surface area contributed by atoms with E-state index in [1.165, 1.54) is 18.9 Å². The maximum atomic E-state index is 14.1. The Morgan fingerprint density at radius 2 is 1.75 bits per heavy atom. The summed E-state index contributed by atoms with van der Waals surface area (Å²) in [4.78, 5) is 4.20. The summed E-state index contributed by atoms with van der Waals surface area (Å²) in [5, 5.41) is 0. The molecule has 6 heteroatoms. The molecule has 1 heterocycles. The minimum Gasteiger partial charge on any atom is -0.389 e. The van der Waals surface area contributed by atoms with Crippen molar-refractivity contribution in [3.05, 3.63) is 29.3 Å². The molecule has 20 heavy (non-hydrogen) atoms. The summed E-state index contributed by atoms with van der Waals surface area (Å²) in [6, 6.07) is 3.75. The highest BCUT2D eigenvalue weighted by molar-refractivity contribution is 7.80. The average Bonchev–Trinajstić information content (AvgIpc) is 3.26. The van der Waals surface area contributed by atoms with E-state index < -0.39 is 11.6 Å². The molecule has 108 valence electrons. The Balaban J connectivity index is 1.77. The molecular weight excluding hydrogens is 280 g/mol. The van der Waals surface area contributed by atoms with Gasteiger partial charge in [-0.1, -0.05) is 12.2 Å². The number of hydrogen-bond donors (Lipinski definition) is 1. The highest BCUT2D eigenvalue weighted by Crippen LogP contribution is 2.30. The Bertz CT molecular complexity index is 537. The number of nitrogens with zero attached hydrogens (tertiary/aromatic N) is 2. The van der Waals surface area contributed by atoms with Gasteiger partial charge in [0.1, 0.15) is 4.99 Å². The van der Waals surface area contributed by atoms with Gasteiger partial charge in [-0.25, -0.2) is 8.78 Å². The number of nitrogens with two attached hydrogens (primary N) is 1. The van der Waals surface area contributed by atoms with E-state index in [4.69, 9.17) is 18.0 Å². The van der Waals surface area contributed by atoms with Crippen molar-refractivity contribution < 1.29 is 8.78 Å². The molecule has 1 saturated carbocycles. The van der Waals surface area contributed by atoms with Crippen LogP contribution in [0.1, 0.15) is 18.4 Å². The number of anilines is 1. The fourth-order valence-electron chi connectivity index (χ4n) is 2.74. The van der Waals surface area contributed by atoms with Crippen LogP contribution in [0.4, 0.5) is 14.5 Å². The predicted octanol–water partition coefficient (Wildman–Crippen LogP) is 1.88. The molecule has 0 atom stereocenters. The summed E-state index contributed by atoms with van der Waals surface area (Å²) in [7, 11) is 0. The Morgan fingerprint density at radius 3 is 2.30 bits per heavy atom. The molecule has 0 radical (unpaired) electrons. The third kappa shape index (κ3) is 2.50. The lowest BCUT2D eigenvalue weighted by molar-refractivity contribution is 0.247. The molecule has 3 rings (SSSR count). The number of benzene rings is 1.